The fraction of sp³-hybridized carbons (Fsp3) is 0.149. The van der Waals surface area contributed by atoms with Gasteiger partial charge in [-0.25, -0.2) is 0 Å². The Hall–Kier alpha value is -5.25. The van der Waals surface area contributed by atoms with Crippen molar-refractivity contribution >= 4 is 49.7 Å². The molecular weight excluding hydrogens is 629 g/mol. The largest absolute Gasteiger partial charge is 0.504 e. The number of aryl methyl sites for hydroxylation is 1. The number of allylic oxidation sites excluding steroid dienone is 3. The predicted octanol–water partition coefficient (Wildman–Crippen LogP) is 13.5. The molecule has 7 aromatic rings. The minimum Gasteiger partial charge on any atom is -0.504 e. The van der Waals surface area contributed by atoms with E-state index in [1.165, 1.54) is 65.7 Å². The topological polar surface area (TPSA) is 40.5 Å². The third kappa shape index (κ3) is 6.66. The van der Waals surface area contributed by atoms with E-state index in [0.29, 0.717) is 12.0 Å². The minimum atomic E-state index is -0.0364. The van der Waals surface area contributed by atoms with E-state index in [-0.39, 0.29) is 11.5 Å². The van der Waals surface area contributed by atoms with Crippen LogP contribution in [0.1, 0.15) is 44.4 Å². The van der Waals surface area contributed by atoms with Gasteiger partial charge in [0.05, 0.1) is 0 Å². The average molecular weight is 673 g/mol. The van der Waals surface area contributed by atoms with Crippen LogP contribution in [-0.4, -0.2) is 16.0 Å². The molecule has 3 heteroatoms. The van der Waals surface area contributed by atoms with Crippen LogP contribution < -0.4 is 0 Å². The Labute approximate surface area is 300 Å². The van der Waals surface area contributed by atoms with E-state index >= 15 is 0 Å². The first-order valence-corrected chi connectivity index (χ1v) is 18.4. The van der Waals surface area contributed by atoms with Crippen molar-refractivity contribution in [3.05, 3.63) is 156 Å². The maximum Gasteiger partial charge on any atom is 0.162 e. The molecule has 0 saturated heterocycles. The summed E-state index contributed by atoms with van der Waals surface area (Å²) in [5.74, 6) is 0.672. The number of hydrogen-bond acceptors (Lipinski definition) is 3. The zero-order valence-corrected chi connectivity index (χ0v) is 30.3. The van der Waals surface area contributed by atoms with Gasteiger partial charge in [-0.2, -0.15) is 0 Å². The molecule has 0 saturated carbocycles. The van der Waals surface area contributed by atoms with Crippen LogP contribution >= 0.6 is 11.8 Å². The first kappa shape index (κ1) is 34.6. The van der Waals surface area contributed by atoms with E-state index in [4.69, 9.17) is 0 Å². The first-order chi connectivity index (χ1) is 24.5. The summed E-state index contributed by atoms with van der Waals surface area (Å²) >= 11 is 1.69. The molecule has 250 valence electrons. The van der Waals surface area contributed by atoms with Gasteiger partial charge < -0.3 is 10.2 Å². The molecule has 0 amide bonds. The van der Waals surface area contributed by atoms with E-state index in [2.05, 4.69) is 128 Å². The summed E-state index contributed by atoms with van der Waals surface area (Å²) in [5, 5.41) is 28.6. The van der Waals surface area contributed by atoms with Gasteiger partial charge in [-0.15, -0.1) is 11.8 Å². The maximum atomic E-state index is 10.8. The lowest BCUT2D eigenvalue weighted by Crippen LogP contribution is -1.94. The van der Waals surface area contributed by atoms with Crippen LogP contribution in [0.25, 0.3) is 60.1 Å². The Morgan fingerprint density at radius 2 is 1.24 bits per heavy atom. The van der Waals surface area contributed by atoms with Crippen molar-refractivity contribution in [1.82, 2.24) is 0 Å². The number of phenols is 2. The Balaban J connectivity index is 0.00000212. The van der Waals surface area contributed by atoms with Gasteiger partial charge >= 0.3 is 0 Å². The van der Waals surface area contributed by atoms with Gasteiger partial charge in [0.15, 0.2) is 11.5 Å². The Kier molecular flexibility index (Phi) is 10.7. The Bertz CT molecular complexity index is 2310. The molecule has 7 rings (SSSR count). The van der Waals surface area contributed by atoms with E-state index in [1.54, 1.807) is 11.8 Å². The molecule has 50 heavy (non-hydrogen) atoms. The molecule has 0 heterocycles. The zero-order valence-electron chi connectivity index (χ0n) is 29.5. The molecule has 0 atom stereocenters. The standard InChI is InChI=1S/C45H38O2S.C2H6/c1-4-5-18-39-41(26-30(3)44(46)45(39)47)48-25-24-29(2)42-35-20-11-13-22-37(35)43(38-23-14-12-21-36(38)42)40-28-33(31-15-7-6-8-16-31)27-32-17-9-10-19-34(32)40;1-2/h4-17,19-24,26-28,46-47H,18,25H2,1-3H3;1-2H3/b5-4-,29-24+;. The average Bonchev–Trinajstić information content (AvgIpc) is 3.16. The number of fused-ring (bicyclic) bond motifs is 3. The number of thioether (sulfide) groups is 1. The Morgan fingerprint density at radius 1 is 0.660 bits per heavy atom. The van der Waals surface area contributed by atoms with Gasteiger partial charge in [0.2, 0.25) is 0 Å². The second-order valence-corrected chi connectivity index (χ2v) is 13.4. The molecule has 0 aromatic heterocycles. The maximum absolute atomic E-state index is 10.8. The van der Waals surface area contributed by atoms with Crippen molar-refractivity contribution in [1.29, 1.82) is 0 Å². The van der Waals surface area contributed by atoms with Crippen molar-refractivity contribution < 1.29 is 10.2 Å². The summed E-state index contributed by atoms with van der Waals surface area (Å²) < 4.78 is 0. The lowest BCUT2D eigenvalue weighted by molar-refractivity contribution is 0.396. The van der Waals surface area contributed by atoms with Gasteiger partial charge in [-0.3, -0.25) is 0 Å². The van der Waals surface area contributed by atoms with Crippen molar-refractivity contribution in [2.75, 3.05) is 5.75 Å². The minimum absolute atomic E-state index is 0.0206. The van der Waals surface area contributed by atoms with Gasteiger partial charge in [-0.1, -0.05) is 135 Å². The number of aromatic hydroxyl groups is 2. The zero-order chi connectivity index (χ0) is 35.2. The van der Waals surface area contributed by atoms with E-state index in [0.717, 1.165) is 16.2 Å². The van der Waals surface area contributed by atoms with Crippen LogP contribution in [-0.2, 0) is 6.42 Å². The van der Waals surface area contributed by atoms with Crippen LogP contribution in [0, 0.1) is 6.92 Å². The third-order valence-electron chi connectivity index (χ3n) is 9.28. The van der Waals surface area contributed by atoms with Gasteiger partial charge in [-0.05, 0) is 117 Å². The fourth-order valence-corrected chi connectivity index (χ4v) is 8.00. The molecule has 0 aliphatic heterocycles. The highest BCUT2D eigenvalue weighted by molar-refractivity contribution is 7.99. The summed E-state index contributed by atoms with van der Waals surface area (Å²) in [7, 11) is 0. The summed E-state index contributed by atoms with van der Waals surface area (Å²) in [6.45, 7) is 10.0. The van der Waals surface area contributed by atoms with E-state index in [9.17, 15) is 10.2 Å². The summed E-state index contributed by atoms with van der Waals surface area (Å²) in [6.07, 6.45) is 6.84. The smallest absolute Gasteiger partial charge is 0.162 e. The highest BCUT2D eigenvalue weighted by atomic mass is 32.2. The third-order valence-corrected chi connectivity index (χ3v) is 10.3. The quantitative estimate of drug-likeness (QED) is 0.0730. The van der Waals surface area contributed by atoms with Crippen LogP contribution in [0.2, 0.25) is 0 Å². The lowest BCUT2D eigenvalue weighted by atomic mass is 9.84. The second kappa shape index (κ2) is 15.5. The molecule has 0 aliphatic rings. The number of phenolic OH excluding ortho intramolecular Hbond substituents is 2. The monoisotopic (exact) mass is 672 g/mol. The highest BCUT2D eigenvalue weighted by Crippen LogP contribution is 2.45. The summed E-state index contributed by atoms with van der Waals surface area (Å²) in [6, 6.07) is 43.6. The second-order valence-electron chi connectivity index (χ2n) is 12.3. The van der Waals surface area contributed by atoms with Crippen molar-refractivity contribution in [2.24, 2.45) is 0 Å². The molecule has 0 spiro atoms. The van der Waals surface area contributed by atoms with Crippen molar-refractivity contribution in [3.8, 4) is 33.8 Å². The molecular formula is C47H44O2S. The van der Waals surface area contributed by atoms with E-state index < -0.39 is 0 Å². The molecule has 2 nitrogen and oxygen atoms in total. The summed E-state index contributed by atoms with van der Waals surface area (Å²) in [5.41, 5.74) is 8.79. The van der Waals surface area contributed by atoms with Crippen molar-refractivity contribution in [3.63, 3.8) is 0 Å². The Morgan fingerprint density at radius 3 is 1.88 bits per heavy atom. The number of rotatable bonds is 8. The van der Waals surface area contributed by atoms with Gasteiger partial charge in [0.1, 0.15) is 0 Å². The lowest BCUT2D eigenvalue weighted by Gasteiger charge is -2.20. The van der Waals surface area contributed by atoms with Crippen LogP contribution in [0.4, 0.5) is 0 Å². The SMILES string of the molecule is C/C=C\Cc1c(SC/C=C(\C)c2c3ccccc3c(-c3cc(-c4ccccc4)cc4ccccc34)c3ccccc23)cc(C)c(O)c1O.CC. The number of hydrogen-bond donors (Lipinski definition) is 2. The summed E-state index contributed by atoms with van der Waals surface area (Å²) in [4.78, 5) is 0.986. The fourth-order valence-electron chi connectivity index (χ4n) is 6.88. The molecule has 0 unspecified atom stereocenters. The molecule has 0 fully saturated rings. The molecule has 2 N–H and O–H groups in total. The molecule has 0 bridgehead atoms. The van der Waals surface area contributed by atoms with Crippen molar-refractivity contribution in [2.45, 2.75) is 45.9 Å². The molecule has 0 radical (unpaired) electrons. The van der Waals surface area contributed by atoms with Gasteiger partial charge in [0, 0.05) is 16.2 Å². The van der Waals surface area contributed by atoms with Gasteiger partial charge in [0.25, 0.3) is 0 Å². The molecule has 0 aliphatic carbocycles. The van der Waals surface area contributed by atoms with Crippen LogP contribution in [0.3, 0.4) is 0 Å². The first-order valence-electron chi connectivity index (χ1n) is 17.4. The highest BCUT2D eigenvalue weighted by Gasteiger charge is 2.19. The van der Waals surface area contributed by atoms with E-state index in [1.807, 2.05) is 45.9 Å². The normalized spacial score (nSPS) is 11.7. The number of benzene rings is 7. The predicted molar refractivity (Wildman–Crippen MR) is 219 cm³/mol. The van der Waals surface area contributed by atoms with Crippen LogP contribution in [0.5, 0.6) is 11.5 Å². The molecule has 7 aromatic carbocycles. The van der Waals surface area contributed by atoms with Crippen LogP contribution in [0.15, 0.2) is 144 Å².